The molecular formula is C28H27N5O4S. The molecule has 0 spiro atoms. The van der Waals surface area contributed by atoms with Crippen LogP contribution in [0, 0.1) is 0 Å². The topological polar surface area (TPSA) is 111 Å². The molecule has 3 aromatic carbocycles. The monoisotopic (exact) mass is 529 g/mol. The zero-order valence-electron chi connectivity index (χ0n) is 21.1. The number of methoxy groups -OCH3 is 2. The number of aromatic nitrogens is 3. The van der Waals surface area contributed by atoms with E-state index in [2.05, 4.69) is 10.6 Å². The van der Waals surface area contributed by atoms with E-state index in [4.69, 9.17) is 19.6 Å². The first-order valence-electron chi connectivity index (χ1n) is 11.9. The quantitative estimate of drug-likeness (QED) is 0.267. The van der Waals surface area contributed by atoms with E-state index in [1.807, 2.05) is 43.3 Å². The number of nitrogens with zero attached hydrogens (tertiary/aromatic N) is 3. The summed E-state index contributed by atoms with van der Waals surface area (Å²) >= 11 is 1.49. The van der Waals surface area contributed by atoms with Crippen molar-refractivity contribution in [2.24, 2.45) is 0 Å². The molecule has 1 aliphatic heterocycles. The zero-order valence-corrected chi connectivity index (χ0v) is 22.0. The predicted molar refractivity (Wildman–Crippen MR) is 147 cm³/mol. The lowest BCUT2D eigenvalue weighted by Crippen LogP contribution is -2.31. The first-order chi connectivity index (χ1) is 18.5. The smallest absolute Gasteiger partial charge is 0.255 e. The van der Waals surface area contributed by atoms with Gasteiger partial charge in [0.2, 0.25) is 11.1 Å². The average molecular weight is 530 g/mol. The van der Waals surface area contributed by atoms with Crippen LogP contribution in [0.1, 0.15) is 24.1 Å². The molecule has 0 saturated carbocycles. The van der Waals surface area contributed by atoms with E-state index in [1.54, 1.807) is 55.3 Å². The molecule has 1 amide bonds. The van der Waals surface area contributed by atoms with Crippen LogP contribution in [-0.4, -0.2) is 40.0 Å². The summed E-state index contributed by atoms with van der Waals surface area (Å²) in [5.41, 5.74) is 3.55. The minimum Gasteiger partial charge on any atom is -0.508 e. The number of allylic oxidation sites excluding steroid dienone is 1. The molecule has 1 unspecified atom stereocenters. The van der Waals surface area contributed by atoms with Gasteiger partial charge in [0.05, 0.1) is 25.5 Å². The van der Waals surface area contributed by atoms with Crippen LogP contribution >= 0.6 is 11.8 Å². The van der Waals surface area contributed by atoms with Crippen molar-refractivity contribution in [3.05, 3.63) is 95.2 Å². The van der Waals surface area contributed by atoms with Crippen molar-refractivity contribution in [1.29, 1.82) is 0 Å². The number of benzene rings is 3. The third-order valence-corrected chi connectivity index (χ3v) is 7.05. The third-order valence-electron chi connectivity index (χ3n) is 6.14. The minimum atomic E-state index is -0.569. The summed E-state index contributed by atoms with van der Waals surface area (Å²) in [5, 5.41) is 21.4. The van der Waals surface area contributed by atoms with Crippen LogP contribution in [-0.2, 0) is 10.5 Å². The number of phenols is 1. The lowest BCUT2D eigenvalue weighted by molar-refractivity contribution is -0.113. The molecule has 1 aromatic heterocycles. The predicted octanol–water partition coefficient (Wildman–Crippen LogP) is 5.22. The van der Waals surface area contributed by atoms with E-state index in [9.17, 15) is 9.90 Å². The van der Waals surface area contributed by atoms with Gasteiger partial charge < -0.3 is 25.2 Å². The summed E-state index contributed by atoms with van der Waals surface area (Å²) in [6.45, 7) is 1.84. The van der Waals surface area contributed by atoms with Crippen molar-refractivity contribution in [2.45, 2.75) is 23.9 Å². The normalized spacial score (nSPS) is 14.4. The zero-order chi connectivity index (χ0) is 26.6. The molecule has 0 bridgehead atoms. The molecule has 3 N–H and O–H groups in total. The number of para-hydroxylation sites is 2. The molecule has 1 atom stereocenters. The molecule has 38 heavy (non-hydrogen) atoms. The summed E-state index contributed by atoms with van der Waals surface area (Å²) in [5.74, 6) is 2.36. The fourth-order valence-electron chi connectivity index (χ4n) is 4.30. The lowest BCUT2D eigenvalue weighted by Gasteiger charge is -2.28. The van der Waals surface area contributed by atoms with Crippen LogP contribution in [0.4, 0.5) is 11.6 Å². The van der Waals surface area contributed by atoms with Gasteiger partial charge in [-0.25, -0.2) is 4.68 Å². The maximum atomic E-state index is 13.7. The first-order valence-corrected chi connectivity index (χ1v) is 12.9. The molecule has 0 aliphatic carbocycles. The van der Waals surface area contributed by atoms with Gasteiger partial charge in [0.15, 0.2) is 0 Å². The van der Waals surface area contributed by atoms with Gasteiger partial charge in [-0.1, -0.05) is 48.2 Å². The van der Waals surface area contributed by atoms with Crippen LogP contribution in [0.3, 0.4) is 0 Å². The Kier molecular flexibility index (Phi) is 7.23. The number of aromatic hydroxyl groups is 1. The van der Waals surface area contributed by atoms with Gasteiger partial charge in [0.1, 0.15) is 23.3 Å². The standard InChI is InChI=1S/C28H27N5O4S/c1-17-24(26(35)30-22-9-4-5-10-23(22)37-3)25(19-11-13-20(34)14-12-19)33-27(29-17)31-28(32-33)38-16-18-7-6-8-21(15-18)36-2/h4-15,25,34H,16H2,1-3H3,(H,30,35)(H,29,31,32). The Labute approximate surface area is 224 Å². The maximum absolute atomic E-state index is 13.7. The Morgan fingerprint density at radius 2 is 1.87 bits per heavy atom. The number of hydrogen-bond donors (Lipinski definition) is 3. The minimum absolute atomic E-state index is 0.136. The van der Waals surface area contributed by atoms with Crippen LogP contribution in [0.2, 0.25) is 0 Å². The summed E-state index contributed by atoms with van der Waals surface area (Å²) < 4.78 is 12.4. The van der Waals surface area contributed by atoms with Crippen LogP contribution in [0.5, 0.6) is 17.2 Å². The van der Waals surface area contributed by atoms with Gasteiger partial charge in [-0.05, 0) is 54.4 Å². The Hall–Kier alpha value is -4.44. The maximum Gasteiger partial charge on any atom is 0.255 e. The lowest BCUT2D eigenvalue weighted by atomic mass is 9.95. The Bertz CT molecular complexity index is 1500. The number of carbonyl (C=O) groups is 1. The second-order valence-electron chi connectivity index (χ2n) is 8.61. The summed E-state index contributed by atoms with van der Waals surface area (Å²) in [4.78, 5) is 18.4. The molecular weight excluding hydrogens is 502 g/mol. The first kappa shape index (κ1) is 25.2. The van der Waals surface area contributed by atoms with Gasteiger partial charge in [0, 0.05) is 11.4 Å². The fraction of sp³-hybridized carbons (Fsp3) is 0.179. The molecule has 0 radical (unpaired) electrons. The average Bonchev–Trinajstić information content (AvgIpc) is 3.34. The van der Waals surface area contributed by atoms with Crippen molar-refractivity contribution in [1.82, 2.24) is 14.8 Å². The highest BCUT2D eigenvalue weighted by molar-refractivity contribution is 7.98. The number of rotatable bonds is 8. The highest BCUT2D eigenvalue weighted by Crippen LogP contribution is 2.38. The molecule has 2 heterocycles. The number of amides is 1. The number of nitrogens with one attached hydrogen (secondary N) is 2. The van der Waals surface area contributed by atoms with Gasteiger partial charge >= 0.3 is 0 Å². The van der Waals surface area contributed by atoms with Gasteiger partial charge in [-0.3, -0.25) is 4.79 Å². The van der Waals surface area contributed by atoms with E-state index >= 15 is 0 Å². The van der Waals surface area contributed by atoms with E-state index in [0.717, 1.165) is 16.9 Å². The number of anilines is 2. The molecule has 5 rings (SSSR count). The van der Waals surface area contributed by atoms with Crippen molar-refractivity contribution < 1.29 is 19.4 Å². The molecule has 194 valence electrons. The molecule has 0 saturated heterocycles. The number of fused-ring (bicyclic) bond motifs is 1. The number of carbonyl (C=O) groups excluding carboxylic acids is 1. The molecule has 9 nitrogen and oxygen atoms in total. The highest BCUT2D eigenvalue weighted by atomic mass is 32.2. The number of hydrogen-bond acceptors (Lipinski definition) is 8. The molecule has 1 aliphatic rings. The second-order valence-corrected chi connectivity index (χ2v) is 9.56. The van der Waals surface area contributed by atoms with Gasteiger partial charge in [0.25, 0.3) is 5.91 Å². The van der Waals surface area contributed by atoms with Crippen LogP contribution in [0.15, 0.2) is 89.2 Å². The Morgan fingerprint density at radius 1 is 1.08 bits per heavy atom. The fourth-order valence-corrected chi connectivity index (χ4v) is 5.07. The Balaban J connectivity index is 1.48. The van der Waals surface area contributed by atoms with Crippen molar-refractivity contribution >= 4 is 29.3 Å². The Morgan fingerprint density at radius 3 is 2.63 bits per heavy atom. The number of ether oxygens (including phenoxy) is 2. The number of phenolic OH excluding ortho intramolecular Hbond substituents is 1. The van der Waals surface area contributed by atoms with E-state index in [-0.39, 0.29) is 11.7 Å². The highest BCUT2D eigenvalue weighted by Gasteiger charge is 2.34. The van der Waals surface area contributed by atoms with E-state index in [0.29, 0.717) is 39.6 Å². The van der Waals surface area contributed by atoms with E-state index in [1.165, 1.54) is 11.8 Å². The SMILES string of the molecule is COc1cccc(CSc2nc3n(n2)C(c2ccc(O)cc2)C(C(=O)Nc2ccccc2OC)=C(C)N3)c1. The summed E-state index contributed by atoms with van der Waals surface area (Å²) in [7, 11) is 3.20. The second kappa shape index (κ2) is 10.9. The van der Waals surface area contributed by atoms with Gasteiger partial charge in [-0.2, -0.15) is 4.98 Å². The summed E-state index contributed by atoms with van der Waals surface area (Å²) in [6.07, 6.45) is 0. The van der Waals surface area contributed by atoms with Crippen LogP contribution in [0.25, 0.3) is 0 Å². The van der Waals surface area contributed by atoms with Crippen LogP contribution < -0.4 is 20.1 Å². The van der Waals surface area contributed by atoms with Crippen molar-refractivity contribution in [3.8, 4) is 17.2 Å². The number of thioether (sulfide) groups is 1. The van der Waals surface area contributed by atoms with E-state index < -0.39 is 6.04 Å². The largest absolute Gasteiger partial charge is 0.508 e. The van der Waals surface area contributed by atoms with Crippen molar-refractivity contribution in [3.63, 3.8) is 0 Å². The van der Waals surface area contributed by atoms with Gasteiger partial charge in [-0.15, -0.1) is 5.10 Å². The van der Waals surface area contributed by atoms with Crippen molar-refractivity contribution in [2.75, 3.05) is 24.9 Å². The molecule has 10 heteroatoms. The summed E-state index contributed by atoms with van der Waals surface area (Å²) in [6, 6.07) is 21.3. The molecule has 4 aromatic rings. The molecule has 0 fully saturated rings. The third kappa shape index (κ3) is 5.16.